The summed E-state index contributed by atoms with van der Waals surface area (Å²) < 4.78 is 10.4. The molecule has 0 heterocycles. The Morgan fingerprint density at radius 2 is 1.91 bits per heavy atom. The van der Waals surface area contributed by atoms with Crippen LogP contribution in [0.2, 0.25) is 0 Å². The minimum absolute atomic E-state index is 0.166. The van der Waals surface area contributed by atoms with Gasteiger partial charge < -0.3 is 25.2 Å². The fourth-order valence-corrected chi connectivity index (χ4v) is 1.82. The summed E-state index contributed by atoms with van der Waals surface area (Å²) in [7, 11) is 1.66. The van der Waals surface area contributed by atoms with Gasteiger partial charge in [0.15, 0.2) is 0 Å². The van der Waals surface area contributed by atoms with E-state index in [2.05, 4.69) is 10.6 Å². The zero-order valence-corrected chi connectivity index (χ0v) is 14.9. The number of carbonyl (C=O) groups excluding carboxylic acids is 1. The highest BCUT2D eigenvalue weighted by atomic mass is 16.6. The van der Waals surface area contributed by atoms with Gasteiger partial charge in [-0.3, -0.25) is 0 Å². The van der Waals surface area contributed by atoms with E-state index in [1.807, 2.05) is 34.6 Å². The molecule has 0 saturated carbocycles. The van der Waals surface area contributed by atoms with Gasteiger partial charge in [-0.15, -0.1) is 0 Å². The van der Waals surface area contributed by atoms with Crippen molar-refractivity contribution in [2.24, 2.45) is 5.92 Å². The van der Waals surface area contributed by atoms with Crippen molar-refractivity contribution in [3.63, 3.8) is 0 Å². The second kappa shape index (κ2) is 10.8. The van der Waals surface area contributed by atoms with Gasteiger partial charge >= 0.3 is 6.09 Å². The minimum Gasteiger partial charge on any atom is -0.444 e. The molecule has 2 unspecified atom stereocenters. The van der Waals surface area contributed by atoms with Crippen LogP contribution in [-0.4, -0.2) is 55.8 Å². The van der Waals surface area contributed by atoms with Crippen molar-refractivity contribution in [3.05, 3.63) is 0 Å². The van der Waals surface area contributed by atoms with Crippen molar-refractivity contribution in [1.82, 2.24) is 10.6 Å². The number of ether oxygens (including phenoxy) is 2. The number of methoxy groups -OCH3 is 1. The van der Waals surface area contributed by atoms with Gasteiger partial charge in [0.25, 0.3) is 0 Å². The Morgan fingerprint density at radius 3 is 2.41 bits per heavy atom. The Morgan fingerprint density at radius 1 is 1.27 bits per heavy atom. The van der Waals surface area contributed by atoms with Crippen LogP contribution in [0.5, 0.6) is 0 Å². The monoisotopic (exact) mass is 318 g/mol. The molecule has 6 nitrogen and oxygen atoms in total. The Labute approximate surface area is 134 Å². The van der Waals surface area contributed by atoms with Gasteiger partial charge in [-0.05, 0) is 39.5 Å². The maximum absolute atomic E-state index is 11.5. The molecule has 2 atom stereocenters. The zero-order chi connectivity index (χ0) is 17.2. The fourth-order valence-electron chi connectivity index (χ4n) is 1.82. The van der Waals surface area contributed by atoms with Gasteiger partial charge in [-0.25, -0.2) is 4.79 Å². The Balaban J connectivity index is 3.93. The lowest BCUT2D eigenvalue weighted by atomic mass is 10.1. The molecule has 0 aromatic carbocycles. The van der Waals surface area contributed by atoms with Crippen molar-refractivity contribution < 1.29 is 19.4 Å². The first-order chi connectivity index (χ1) is 10.2. The number of aliphatic hydroxyl groups is 1. The second-order valence-corrected chi connectivity index (χ2v) is 6.94. The SMILES string of the molecule is COCC(CCCNC(=O)OC(C)(C)C)NCC(O)C(C)C. The molecule has 0 aromatic heterocycles. The average Bonchev–Trinajstić information content (AvgIpc) is 2.38. The fraction of sp³-hybridized carbons (Fsp3) is 0.938. The Bertz CT molecular complexity index is 303. The molecule has 0 spiro atoms. The number of hydrogen-bond acceptors (Lipinski definition) is 5. The summed E-state index contributed by atoms with van der Waals surface area (Å²) in [5, 5.41) is 15.9. The number of amides is 1. The smallest absolute Gasteiger partial charge is 0.407 e. The number of hydrogen-bond donors (Lipinski definition) is 3. The number of nitrogens with one attached hydrogen (secondary N) is 2. The van der Waals surface area contributed by atoms with E-state index in [9.17, 15) is 9.90 Å². The molecule has 1 amide bonds. The van der Waals surface area contributed by atoms with Crippen LogP contribution < -0.4 is 10.6 Å². The molecule has 3 N–H and O–H groups in total. The number of alkyl carbamates (subject to hydrolysis) is 1. The molecule has 22 heavy (non-hydrogen) atoms. The van der Waals surface area contributed by atoms with Crippen LogP contribution >= 0.6 is 0 Å². The van der Waals surface area contributed by atoms with Crippen LogP contribution in [0, 0.1) is 5.92 Å². The zero-order valence-electron chi connectivity index (χ0n) is 14.9. The summed E-state index contributed by atoms with van der Waals surface area (Å²) in [5.41, 5.74) is -0.475. The van der Waals surface area contributed by atoms with E-state index in [1.54, 1.807) is 7.11 Å². The Hall–Kier alpha value is -0.850. The van der Waals surface area contributed by atoms with E-state index in [1.165, 1.54) is 0 Å². The third kappa shape index (κ3) is 11.8. The predicted molar refractivity (Wildman–Crippen MR) is 88.0 cm³/mol. The van der Waals surface area contributed by atoms with Crippen LogP contribution in [-0.2, 0) is 9.47 Å². The van der Waals surface area contributed by atoms with Crippen LogP contribution in [0.15, 0.2) is 0 Å². The number of rotatable bonds is 10. The van der Waals surface area contributed by atoms with Crippen molar-refractivity contribution >= 4 is 6.09 Å². The van der Waals surface area contributed by atoms with Crippen molar-refractivity contribution in [2.45, 2.75) is 65.2 Å². The molecule has 0 radical (unpaired) electrons. The summed E-state index contributed by atoms with van der Waals surface area (Å²) in [4.78, 5) is 11.5. The predicted octanol–water partition coefficient (Wildman–Crippen LogP) is 1.91. The van der Waals surface area contributed by atoms with Gasteiger partial charge in [0.2, 0.25) is 0 Å². The van der Waals surface area contributed by atoms with E-state index in [0.717, 1.165) is 12.8 Å². The van der Waals surface area contributed by atoms with E-state index in [4.69, 9.17) is 9.47 Å². The summed E-state index contributed by atoms with van der Waals surface area (Å²) in [6.45, 7) is 11.2. The highest BCUT2D eigenvalue weighted by Gasteiger charge is 2.16. The van der Waals surface area contributed by atoms with Gasteiger partial charge in [0.1, 0.15) is 5.60 Å². The summed E-state index contributed by atoms with van der Waals surface area (Å²) >= 11 is 0. The van der Waals surface area contributed by atoms with Crippen molar-refractivity contribution in [2.75, 3.05) is 26.8 Å². The maximum atomic E-state index is 11.5. The normalized spacial score (nSPS) is 14.7. The first kappa shape index (κ1) is 21.1. The van der Waals surface area contributed by atoms with Gasteiger partial charge in [0.05, 0.1) is 12.7 Å². The molecule has 0 bridgehead atoms. The third-order valence-electron chi connectivity index (χ3n) is 3.15. The molecule has 0 aliphatic rings. The Kier molecular flexibility index (Phi) is 10.4. The first-order valence-corrected chi connectivity index (χ1v) is 8.03. The molecule has 0 aliphatic heterocycles. The molecule has 132 valence electrons. The summed E-state index contributed by atoms with van der Waals surface area (Å²) in [6, 6.07) is 0.166. The topological polar surface area (TPSA) is 79.8 Å². The third-order valence-corrected chi connectivity index (χ3v) is 3.15. The molecule has 0 aromatic rings. The molecule has 0 aliphatic carbocycles. The standard InChI is InChI=1S/C16H34N2O4/c1-12(2)14(19)10-18-13(11-21-6)8-7-9-17-15(20)22-16(3,4)5/h12-14,18-19H,7-11H2,1-6H3,(H,17,20). The average molecular weight is 318 g/mol. The molecule has 0 saturated heterocycles. The number of aliphatic hydroxyl groups excluding tert-OH is 1. The van der Waals surface area contributed by atoms with Crippen molar-refractivity contribution in [1.29, 1.82) is 0 Å². The lowest BCUT2D eigenvalue weighted by molar-refractivity contribution is 0.0526. The lowest BCUT2D eigenvalue weighted by Crippen LogP contribution is -2.40. The van der Waals surface area contributed by atoms with Crippen LogP contribution in [0.4, 0.5) is 4.79 Å². The molecule has 0 rings (SSSR count). The van der Waals surface area contributed by atoms with Crippen LogP contribution in [0.25, 0.3) is 0 Å². The number of carbonyl (C=O) groups is 1. The van der Waals surface area contributed by atoms with Gasteiger partial charge in [-0.1, -0.05) is 13.8 Å². The van der Waals surface area contributed by atoms with Crippen LogP contribution in [0.3, 0.4) is 0 Å². The first-order valence-electron chi connectivity index (χ1n) is 8.03. The highest BCUT2D eigenvalue weighted by Crippen LogP contribution is 2.06. The molecular formula is C16H34N2O4. The second-order valence-electron chi connectivity index (χ2n) is 6.94. The maximum Gasteiger partial charge on any atom is 0.407 e. The summed E-state index contributed by atoms with van der Waals surface area (Å²) in [6.07, 6.45) is 0.921. The summed E-state index contributed by atoms with van der Waals surface area (Å²) in [5.74, 6) is 0.226. The van der Waals surface area contributed by atoms with E-state index >= 15 is 0 Å². The largest absolute Gasteiger partial charge is 0.444 e. The van der Waals surface area contributed by atoms with E-state index < -0.39 is 5.60 Å². The highest BCUT2D eigenvalue weighted by molar-refractivity contribution is 5.67. The minimum atomic E-state index is -0.475. The molecule has 0 fully saturated rings. The van der Waals surface area contributed by atoms with Gasteiger partial charge in [-0.2, -0.15) is 0 Å². The quantitative estimate of drug-likeness (QED) is 0.536. The van der Waals surface area contributed by atoms with Crippen LogP contribution in [0.1, 0.15) is 47.5 Å². The molecular weight excluding hydrogens is 284 g/mol. The molecule has 6 heteroatoms. The van der Waals surface area contributed by atoms with Crippen molar-refractivity contribution in [3.8, 4) is 0 Å². The van der Waals surface area contributed by atoms with E-state index in [-0.39, 0.29) is 24.2 Å². The van der Waals surface area contributed by atoms with E-state index in [0.29, 0.717) is 19.7 Å². The lowest BCUT2D eigenvalue weighted by Gasteiger charge is -2.22. The van der Waals surface area contributed by atoms with Gasteiger partial charge in [0, 0.05) is 26.2 Å².